The number of hydrogen-bond acceptors (Lipinski definition) is 3. The van der Waals surface area contributed by atoms with Crippen LogP contribution in [0.4, 0.5) is 0 Å². The van der Waals surface area contributed by atoms with Crippen LogP contribution >= 0.6 is 0 Å². The molecule has 22 heavy (non-hydrogen) atoms. The van der Waals surface area contributed by atoms with Crippen LogP contribution in [0.5, 0.6) is 11.5 Å². The number of aromatic hydroxyl groups is 1. The van der Waals surface area contributed by atoms with Gasteiger partial charge in [-0.3, -0.25) is 4.79 Å². The third-order valence-corrected chi connectivity index (χ3v) is 3.38. The van der Waals surface area contributed by atoms with Crippen molar-refractivity contribution >= 4 is 5.97 Å². The molecule has 0 aliphatic rings. The maximum absolute atomic E-state index is 11.6. The number of carboxylic acid groups (broad SMARTS) is 1. The van der Waals surface area contributed by atoms with E-state index in [1.807, 2.05) is 31.2 Å². The summed E-state index contributed by atoms with van der Waals surface area (Å²) >= 11 is 0. The van der Waals surface area contributed by atoms with Crippen molar-refractivity contribution in [1.82, 2.24) is 0 Å². The summed E-state index contributed by atoms with van der Waals surface area (Å²) in [5.74, 6) is -0.790. The number of phenols is 1. The summed E-state index contributed by atoms with van der Waals surface area (Å²) in [5.41, 5.74) is 1.48. The average Bonchev–Trinajstić information content (AvgIpc) is 2.50. The van der Waals surface area contributed by atoms with Gasteiger partial charge in [0.2, 0.25) is 0 Å². The Morgan fingerprint density at radius 1 is 1.18 bits per heavy atom. The van der Waals surface area contributed by atoms with Crippen LogP contribution < -0.4 is 4.74 Å². The lowest BCUT2D eigenvalue weighted by atomic mass is 9.92. The second-order valence-electron chi connectivity index (χ2n) is 5.19. The van der Waals surface area contributed by atoms with Gasteiger partial charge >= 0.3 is 5.97 Å². The number of phenolic OH excluding ortho intramolecular Hbond substituents is 1. The van der Waals surface area contributed by atoms with Gasteiger partial charge in [-0.25, -0.2) is 0 Å². The highest BCUT2D eigenvalue weighted by Gasteiger charge is 2.21. The van der Waals surface area contributed by atoms with Gasteiger partial charge in [0.1, 0.15) is 11.5 Å². The van der Waals surface area contributed by atoms with E-state index in [9.17, 15) is 15.0 Å². The molecule has 0 heterocycles. The third-order valence-electron chi connectivity index (χ3n) is 3.38. The first-order valence-corrected chi connectivity index (χ1v) is 7.33. The highest BCUT2D eigenvalue weighted by Crippen LogP contribution is 2.26. The summed E-state index contributed by atoms with van der Waals surface area (Å²) in [5, 5.41) is 19.0. The maximum atomic E-state index is 11.6. The minimum absolute atomic E-state index is 0.0729. The number of rotatable bonds is 7. The van der Waals surface area contributed by atoms with Crippen molar-refractivity contribution in [2.24, 2.45) is 0 Å². The second kappa shape index (κ2) is 7.50. The lowest BCUT2D eigenvalue weighted by Gasteiger charge is -2.14. The molecular formula is C18H20O4. The van der Waals surface area contributed by atoms with Crippen molar-refractivity contribution in [3.8, 4) is 11.5 Å². The number of hydrogen-bond donors (Lipinski definition) is 2. The topological polar surface area (TPSA) is 66.8 Å². The second-order valence-corrected chi connectivity index (χ2v) is 5.19. The van der Waals surface area contributed by atoms with E-state index >= 15 is 0 Å². The van der Waals surface area contributed by atoms with E-state index < -0.39 is 11.9 Å². The van der Waals surface area contributed by atoms with Crippen molar-refractivity contribution in [2.45, 2.75) is 25.7 Å². The van der Waals surface area contributed by atoms with E-state index in [2.05, 4.69) is 0 Å². The fourth-order valence-electron chi connectivity index (χ4n) is 2.31. The molecule has 0 aromatic heterocycles. The van der Waals surface area contributed by atoms with Crippen LogP contribution in [0.25, 0.3) is 0 Å². The Kier molecular flexibility index (Phi) is 5.42. The molecule has 2 N–H and O–H groups in total. The molecule has 2 aromatic carbocycles. The van der Waals surface area contributed by atoms with Crippen LogP contribution in [0.15, 0.2) is 48.5 Å². The van der Waals surface area contributed by atoms with Gasteiger partial charge in [0.25, 0.3) is 0 Å². The number of ether oxygens (including phenoxy) is 1. The zero-order valence-corrected chi connectivity index (χ0v) is 12.5. The van der Waals surface area contributed by atoms with E-state index in [0.717, 1.165) is 17.7 Å². The Hall–Kier alpha value is -2.49. The number of carbonyl (C=O) groups is 1. The Morgan fingerprint density at radius 3 is 2.64 bits per heavy atom. The zero-order chi connectivity index (χ0) is 15.9. The Bertz CT molecular complexity index is 636. The van der Waals surface area contributed by atoms with Crippen LogP contribution in [-0.4, -0.2) is 22.8 Å². The fourth-order valence-corrected chi connectivity index (χ4v) is 2.31. The van der Waals surface area contributed by atoms with Gasteiger partial charge in [-0.15, -0.1) is 0 Å². The van der Waals surface area contributed by atoms with Crippen LogP contribution in [0.3, 0.4) is 0 Å². The molecule has 116 valence electrons. The van der Waals surface area contributed by atoms with Crippen LogP contribution in [0, 0.1) is 0 Å². The molecule has 4 nitrogen and oxygen atoms in total. The maximum Gasteiger partial charge on any atom is 0.311 e. The summed E-state index contributed by atoms with van der Waals surface area (Å²) in [6.07, 6.45) is 1.27. The monoisotopic (exact) mass is 300 g/mol. The van der Waals surface area contributed by atoms with E-state index in [1.54, 1.807) is 12.1 Å². The van der Waals surface area contributed by atoms with Crippen LogP contribution in [0.1, 0.15) is 30.4 Å². The van der Waals surface area contributed by atoms with E-state index in [4.69, 9.17) is 4.74 Å². The number of aliphatic carboxylic acids is 1. The Balaban J connectivity index is 2.19. The fraction of sp³-hybridized carbons (Fsp3) is 0.278. The van der Waals surface area contributed by atoms with Gasteiger partial charge in [0, 0.05) is 0 Å². The minimum Gasteiger partial charge on any atom is -0.508 e. The van der Waals surface area contributed by atoms with Gasteiger partial charge in [0.15, 0.2) is 0 Å². The lowest BCUT2D eigenvalue weighted by Crippen LogP contribution is -2.14. The molecule has 2 rings (SSSR count). The standard InChI is InChI=1S/C18H20O4/c1-2-9-22-16-8-3-5-13(10-16)11-17(18(20)21)14-6-4-7-15(19)12-14/h3-8,10,12,17,19H,2,9,11H2,1H3,(H,20,21). The van der Waals surface area contributed by atoms with Crippen LogP contribution in [0.2, 0.25) is 0 Å². The molecule has 0 saturated heterocycles. The molecule has 0 saturated carbocycles. The first-order valence-electron chi connectivity index (χ1n) is 7.33. The molecule has 0 fully saturated rings. The van der Waals surface area contributed by atoms with Crippen molar-refractivity contribution in [3.63, 3.8) is 0 Å². The summed E-state index contributed by atoms with van der Waals surface area (Å²) in [6.45, 7) is 2.67. The molecule has 0 bridgehead atoms. The van der Waals surface area contributed by atoms with Crippen molar-refractivity contribution in [2.75, 3.05) is 6.61 Å². The molecule has 1 atom stereocenters. The molecule has 1 unspecified atom stereocenters. The minimum atomic E-state index is -0.912. The van der Waals surface area contributed by atoms with E-state index in [0.29, 0.717) is 18.6 Å². The molecule has 0 amide bonds. The normalized spacial score (nSPS) is 11.9. The quantitative estimate of drug-likeness (QED) is 0.820. The zero-order valence-electron chi connectivity index (χ0n) is 12.5. The molecule has 0 aliphatic heterocycles. The Labute approximate surface area is 130 Å². The Morgan fingerprint density at radius 2 is 1.95 bits per heavy atom. The summed E-state index contributed by atoms with van der Waals surface area (Å²) in [6, 6.07) is 13.9. The largest absolute Gasteiger partial charge is 0.508 e. The predicted molar refractivity (Wildman–Crippen MR) is 84.4 cm³/mol. The third kappa shape index (κ3) is 4.25. The van der Waals surface area contributed by atoms with Gasteiger partial charge in [-0.05, 0) is 48.2 Å². The van der Waals surface area contributed by atoms with Gasteiger partial charge < -0.3 is 14.9 Å². The van der Waals surface area contributed by atoms with Crippen LogP contribution in [-0.2, 0) is 11.2 Å². The predicted octanol–water partition coefficient (Wildman–Crippen LogP) is 3.59. The summed E-state index contributed by atoms with van der Waals surface area (Å²) < 4.78 is 5.58. The van der Waals surface area contributed by atoms with Crippen molar-refractivity contribution in [3.05, 3.63) is 59.7 Å². The first kappa shape index (κ1) is 15.9. The smallest absolute Gasteiger partial charge is 0.311 e. The first-order chi connectivity index (χ1) is 10.6. The van der Waals surface area contributed by atoms with Crippen molar-refractivity contribution in [1.29, 1.82) is 0 Å². The van der Waals surface area contributed by atoms with Gasteiger partial charge in [0.05, 0.1) is 12.5 Å². The summed E-state index contributed by atoms with van der Waals surface area (Å²) in [7, 11) is 0. The van der Waals surface area contributed by atoms with Gasteiger partial charge in [-0.1, -0.05) is 31.2 Å². The van der Waals surface area contributed by atoms with E-state index in [-0.39, 0.29) is 5.75 Å². The highest BCUT2D eigenvalue weighted by molar-refractivity contribution is 5.76. The molecular weight excluding hydrogens is 280 g/mol. The molecule has 4 heteroatoms. The molecule has 0 radical (unpaired) electrons. The molecule has 2 aromatic rings. The SMILES string of the molecule is CCCOc1cccc(CC(C(=O)O)c2cccc(O)c2)c1. The molecule has 0 spiro atoms. The van der Waals surface area contributed by atoms with Crippen molar-refractivity contribution < 1.29 is 19.7 Å². The summed E-state index contributed by atoms with van der Waals surface area (Å²) in [4.78, 5) is 11.6. The lowest BCUT2D eigenvalue weighted by molar-refractivity contribution is -0.138. The number of benzene rings is 2. The highest BCUT2D eigenvalue weighted by atomic mass is 16.5. The number of carboxylic acids is 1. The van der Waals surface area contributed by atoms with Gasteiger partial charge in [-0.2, -0.15) is 0 Å². The molecule has 0 aliphatic carbocycles. The van der Waals surface area contributed by atoms with E-state index in [1.165, 1.54) is 12.1 Å². The average molecular weight is 300 g/mol.